The molecule has 3 aromatic heterocycles. The topological polar surface area (TPSA) is 53.9 Å². The molecule has 4 aromatic rings. The number of nitrogens with zero attached hydrogens (tertiary/aromatic N) is 4. The van der Waals surface area contributed by atoms with E-state index < -0.39 is 11.7 Å². The zero-order valence-electron chi connectivity index (χ0n) is 18.6. The maximum atomic E-state index is 12.7. The van der Waals surface area contributed by atoms with Crippen molar-refractivity contribution in [2.24, 2.45) is 0 Å². The number of aryl methyl sites for hydroxylation is 2. The van der Waals surface area contributed by atoms with Crippen molar-refractivity contribution in [2.45, 2.75) is 25.9 Å². The highest BCUT2D eigenvalue weighted by Gasteiger charge is 2.30. The van der Waals surface area contributed by atoms with Crippen LogP contribution in [0, 0.1) is 6.92 Å². The largest absolute Gasteiger partial charge is 0.417 e. The SMILES string of the molecule is Cc1cc2c(NCCCc3ccc(-c4ccc(C(F)(F)F)cn4)cc3)nc(N(C)C)nc2s1. The van der Waals surface area contributed by atoms with Crippen LogP contribution in [0.3, 0.4) is 0 Å². The Labute approximate surface area is 194 Å². The van der Waals surface area contributed by atoms with Crippen LogP contribution in [0.25, 0.3) is 21.5 Å². The fourth-order valence-electron chi connectivity index (χ4n) is 3.44. The van der Waals surface area contributed by atoms with E-state index in [4.69, 9.17) is 0 Å². The summed E-state index contributed by atoms with van der Waals surface area (Å²) in [5.41, 5.74) is 1.72. The van der Waals surface area contributed by atoms with Crippen molar-refractivity contribution < 1.29 is 13.2 Å². The molecule has 0 amide bonds. The summed E-state index contributed by atoms with van der Waals surface area (Å²) < 4.78 is 38.1. The number of anilines is 2. The highest BCUT2D eigenvalue weighted by molar-refractivity contribution is 7.18. The maximum Gasteiger partial charge on any atom is 0.417 e. The van der Waals surface area contributed by atoms with Gasteiger partial charge in [0.05, 0.1) is 16.6 Å². The number of benzene rings is 1. The molecule has 0 fully saturated rings. The van der Waals surface area contributed by atoms with Crippen LogP contribution in [0.2, 0.25) is 0 Å². The molecule has 5 nitrogen and oxygen atoms in total. The van der Waals surface area contributed by atoms with Gasteiger partial charge in [-0.05, 0) is 43.5 Å². The summed E-state index contributed by atoms with van der Waals surface area (Å²) in [6, 6.07) is 12.3. The number of alkyl halides is 3. The van der Waals surface area contributed by atoms with Crippen LogP contribution < -0.4 is 10.2 Å². The number of hydrogen-bond donors (Lipinski definition) is 1. The van der Waals surface area contributed by atoms with Crippen LogP contribution in [0.1, 0.15) is 22.4 Å². The quantitative estimate of drug-likeness (QED) is 0.326. The Morgan fingerprint density at radius 1 is 1.03 bits per heavy atom. The van der Waals surface area contributed by atoms with E-state index in [0.29, 0.717) is 11.6 Å². The predicted molar refractivity (Wildman–Crippen MR) is 128 cm³/mol. The third kappa shape index (κ3) is 5.42. The Morgan fingerprint density at radius 3 is 2.42 bits per heavy atom. The standard InChI is InChI=1S/C24H24F3N5S/c1-15-13-19-21(30-23(32(2)3)31-22(19)33-15)28-12-4-5-16-6-8-17(9-7-16)20-11-10-18(14-29-20)24(25,26)27/h6-11,13-14H,4-5,12H2,1-3H3,(H,28,30,31). The number of pyridine rings is 1. The van der Waals surface area contributed by atoms with Gasteiger partial charge < -0.3 is 10.2 Å². The van der Waals surface area contributed by atoms with Gasteiger partial charge in [-0.1, -0.05) is 24.3 Å². The number of hydrogen-bond acceptors (Lipinski definition) is 6. The van der Waals surface area contributed by atoms with Gasteiger partial charge >= 0.3 is 6.18 Å². The van der Waals surface area contributed by atoms with Gasteiger partial charge in [-0.3, -0.25) is 4.98 Å². The minimum Gasteiger partial charge on any atom is -0.369 e. The lowest BCUT2D eigenvalue weighted by Crippen LogP contribution is -2.14. The fourth-order valence-corrected chi connectivity index (χ4v) is 4.31. The van der Waals surface area contributed by atoms with Gasteiger partial charge in [0.2, 0.25) is 5.95 Å². The highest BCUT2D eigenvalue weighted by Crippen LogP contribution is 2.31. The molecule has 1 aromatic carbocycles. The smallest absolute Gasteiger partial charge is 0.369 e. The van der Waals surface area contributed by atoms with E-state index in [2.05, 4.69) is 33.3 Å². The monoisotopic (exact) mass is 471 g/mol. The van der Waals surface area contributed by atoms with Gasteiger partial charge in [0.15, 0.2) is 0 Å². The zero-order valence-corrected chi connectivity index (χ0v) is 19.4. The van der Waals surface area contributed by atoms with E-state index in [1.54, 1.807) is 11.3 Å². The molecule has 0 saturated carbocycles. The summed E-state index contributed by atoms with van der Waals surface area (Å²) in [5, 5.41) is 4.49. The summed E-state index contributed by atoms with van der Waals surface area (Å²) in [6.45, 7) is 2.82. The Bertz CT molecular complexity index is 1230. The van der Waals surface area contributed by atoms with Crippen LogP contribution >= 0.6 is 11.3 Å². The fraction of sp³-hybridized carbons (Fsp3) is 0.292. The summed E-state index contributed by atoms with van der Waals surface area (Å²) in [5.74, 6) is 1.52. The molecule has 0 aliphatic rings. The van der Waals surface area contributed by atoms with Gasteiger partial charge in [0, 0.05) is 37.3 Å². The summed E-state index contributed by atoms with van der Waals surface area (Å²) in [4.78, 5) is 17.3. The van der Waals surface area contributed by atoms with E-state index in [9.17, 15) is 13.2 Å². The van der Waals surface area contributed by atoms with Crippen LogP contribution in [0.15, 0.2) is 48.7 Å². The summed E-state index contributed by atoms with van der Waals surface area (Å²) in [6.07, 6.45) is -1.73. The Morgan fingerprint density at radius 2 is 1.79 bits per heavy atom. The molecule has 0 aliphatic heterocycles. The molecular formula is C24H24F3N5S. The van der Waals surface area contributed by atoms with E-state index in [1.807, 2.05) is 43.3 Å². The van der Waals surface area contributed by atoms with Crippen molar-refractivity contribution in [3.8, 4) is 11.3 Å². The third-order valence-electron chi connectivity index (χ3n) is 5.18. The average molecular weight is 472 g/mol. The van der Waals surface area contributed by atoms with Gasteiger partial charge in [-0.25, -0.2) is 4.98 Å². The first-order valence-corrected chi connectivity index (χ1v) is 11.3. The molecule has 0 atom stereocenters. The number of aromatic nitrogens is 3. The maximum absolute atomic E-state index is 12.7. The lowest BCUT2D eigenvalue weighted by atomic mass is 10.0. The first-order valence-electron chi connectivity index (χ1n) is 10.5. The minimum absolute atomic E-state index is 0.520. The Hall–Kier alpha value is -3.20. The second-order valence-electron chi connectivity index (χ2n) is 8.00. The van der Waals surface area contributed by atoms with Crippen LogP contribution in [-0.4, -0.2) is 35.6 Å². The molecule has 0 spiro atoms. The van der Waals surface area contributed by atoms with Crippen molar-refractivity contribution in [1.82, 2.24) is 15.0 Å². The highest BCUT2D eigenvalue weighted by atomic mass is 32.1. The summed E-state index contributed by atoms with van der Waals surface area (Å²) in [7, 11) is 3.85. The summed E-state index contributed by atoms with van der Waals surface area (Å²) >= 11 is 1.66. The van der Waals surface area contributed by atoms with Crippen molar-refractivity contribution in [3.05, 3.63) is 64.7 Å². The van der Waals surface area contributed by atoms with Gasteiger partial charge in [0.25, 0.3) is 0 Å². The molecule has 172 valence electrons. The van der Waals surface area contributed by atoms with Crippen molar-refractivity contribution in [1.29, 1.82) is 0 Å². The van der Waals surface area contributed by atoms with Gasteiger partial charge in [-0.15, -0.1) is 11.3 Å². The van der Waals surface area contributed by atoms with Crippen LogP contribution in [0.4, 0.5) is 24.9 Å². The molecule has 0 radical (unpaired) electrons. The Kier molecular flexibility index (Phi) is 6.51. The molecule has 0 unspecified atom stereocenters. The number of thiophene rings is 1. The molecule has 9 heteroatoms. The van der Waals surface area contributed by atoms with E-state index in [0.717, 1.165) is 58.8 Å². The molecule has 0 saturated heterocycles. The third-order valence-corrected chi connectivity index (χ3v) is 6.12. The first kappa shape index (κ1) is 23.0. The van der Waals surface area contributed by atoms with Crippen molar-refractivity contribution in [2.75, 3.05) is 30.9 Å². The number of halogens is 3. The predicted octanol–water partition coefficient (Wildman–Crippen LogP) is 6.19. The van der Waals surface area contributed by atoms with E-state index in [1.165, 1.54) is 10.9 Å². The molecule has 4 rings (SSSR count). The van der Waals surface area contributed by atoms with Gasteiger partial charge in [-0.2, -0.15) is 18.2 Å². The Balaban J connectivity index is 1.36. The normalized spacial score (nSPS) is 11.7. The number of rotatable bonds is 7. The molecule has 0 aliphatic carbocycles. The van der Waals surface area contributed by atoms with Crippen LogP contribution in [-0.2, 0) is 12.6 Å². The lowest BCUT2D eigenvalue weighted by Gasteiger charge is -2.13. The van der Waals surface area contributed by atoms with Crippen LogP contribution in [0.5, 0.6) is 0 Å². The van der Waals surface area contributed by atoms with E-state index in [-0.39, 0.29) is 0 Å². The van der Waals surface area contributed by atoms with Gasteiger partial charge in [0.1, 0.15) is 10.6 Å². The molecule has 1 N–H and O–H groups in total. The van der Waals surface area contributed by atoms with Crippen molar-refractivity contribution in [3.63, 3.8) is 0 Å². The van der Waals surface area contributed by atoms with Crippen molar-refractivity contribution >= 4 is 33.3 Å². The molecular weight excluding hydrogens is 447 g/mol. The number of nitrogens with one attached hydrogen (secondary N) is 1. The lowest BCUT2D eigenvalue weighted by molar-refractivity contribution is -0.137. The molecule has 3 heterocycles. The molecule has 0 bridgehead atoms. The number of fused-ring (bicyclic) bond motifs is 1. The molecule has 33 heavy (non-hydrogen) atoms. The minimum atomic E-state index is -4.38. The zero-order chi connectivity index (χ0) is 23.6. The first-order chi connectivity index (χ1) is 15.7. The average Bonchev–Trinajstić information content (AvgIpc) is 3.17. The second-order valence-corrected chi connectivity index (χ2v) is 9.23. The second kappa shape index (κ2) is 9.35. The van der Waals surface area contributed by atoms with E-state index >= 15 is 0 Å².